The van der Waals surface area contributed by atoms with E-state index in [2.05, 4.69) is 57.6 Å². The smallest absolute Gasteiger partial charge is 0.131 e. The van der Waals surface area contributed by atoms with Gasteiger partial charge in [-0.25, -0.2) is 4.98 Å². The molecule has 0 atom stereocenters. The molecule has 1 heterocycles. The first-order valence-electron chi connectivity index (χ1n) is 7.13. The minimum atomic E-state index is 0.527. The Labute approximate surface area is 138 Å². The number of nitrogens with one attached hydrogen (secondary N) is 1. The maximum Gasteiger partial charge on any atom is 0.131 e. The molecule has 0 saturated carbocycles. The molecule has 0 saturated heterocycles. The first-order chi connectivity index (χ1) is 10.1. The maximum atomic E-state index is 6.04. The van der Waals surface area contributed by atoms with Crippen molar-refractivity contribution in [3.05, 3.63) is 43.8 Å². The van der Waals surface area contributed by atoms with Crippen molar-refractivity contribution in [1.82, 2.24) is 10.3 Å². The maximum absolute atomic E-state index is 6.04. The average Bonchev–Trinajstić information content (AvgIpc) is 2.86. The molecule has 21 heavy (non-hydrogen) atoms. The number of rotatable bonds is 7. The summed E-state index contributed by atoms with van der Waals surface area (Å²) in [5.41, 5.74) is 3.31. The zero-order chi connectivity index (χ0) is 15.2. The van der Waals surface area contributed by atoms with Crippen LogP contribution >= 0.6 is 27.3 Å². The SMILES string of the molecule is CCCc1nc(COc2c(C)cc(Br)cc2CNC)cs1. The molecular weight excluding hydrogens is 348 g/mol. The molecule has 3 nitrogen and oxygen atoms in total. The fraction of sp³-hybridized carbons (Fsp3) is 0.438. The molecule has 5 heteroatoms. The highest BCUT2D eigenvalue weighted by molar-refractivity contribution is 9.10. The number of thiazole rings is 1. The molecule has 0 bridgehead atoms. The molecule has 1 aromatic carbocycles. The first kappa shape index (κ1) is 16.5. The van der Waals surface area contributed by atoms with Crippen molar-refractivity contribution < 1.29 is 4.74 Å². The van der Waals surface area contributed by atoms with Crippen molar-refractivity contribution >= 4 is 27.3 Å². The van der Waals surface area contributed by atoms with Gasteiger partial charge in [-0.3, -0.25) is 0 Å². The van der Waals surface area contributed by atoms with Crippen molar-refractivity contribution in [3.63, 3.8) is 0 Å². The topological polar surface area (TPSA) is 34.1 Å². The van der Waals surface area contributed by atoms with Crippen molar-refractivity contribution in [2.24, 2.45) is 0 Å². The highest BCUT2D eigenvalue weighted by Gasteiger charge is 2.10. The summed E-state index contributed by atoms with van der Waals surface area (Å²) in [4.78, 5) is 4.61. The largest absolute Gasteiger partial charge is 0.487 e. The zero-order valence-electron chi connectivity index (χ0n) is 12.7. The van der Waals surface area contributed by atoms with Crippen LogP contribution < -0.4 is 10.1 Å². The molecule has 0 radical (unpaired) electrons. The molecule has 0 amide bonds. The number of nitrogens with zero attached hydrogens (tertiary/aromatic N) is 1. The van der Waals surface area contributed by atoms with E-state index in [0.29, 0.717) is 6.61 Å². The third kappa shape index (κ3) is 4.53. The van der Waals surface area contributed by atoms with Crippen molar-refractivity contribution in [2.45, 2.75) is 39.8 Å². The first-order valence-corrected chi connectivity index (χ1v) is 8.81. The summed E-state index contributed by atoms with van der Waals surface area (Å²) >= 11 is 5.26. The summed E-state index contributed by atoms with van der Waals surface area (Å²) in [7, 11) is 1.94. The predicted molar refractivity (Wildman–Crippen MR) is 92.1 cm³/mol. The Hall–Kier alpha value is -0.910. The van der Waals surface area contributed by atoms with Crippen LogP contribution in [0.25, 0.3) is 0 Å². The quantitative estimate of drug-likeness (QED) is 0.782. The fourth-order valence-electron chi connectivity index (χ4n) is 2.22. The number of hydrogen-bond acceptors (Lipinski definition) is 4. The van der Waals surface area contributed by atoms with Gasteiger partial charge in [0.15, 0.2) is 0 Å². The molecule has 0 spiro atoms. The number of aryl methyl sites for hydroxylation is 2. The van der Waals surface area contributed by atoms with Gasteiger partial charge in [0.25, 0.3) is 0 Å². The van der Waals surface area contributed by atoms with Crippen LogP contribution in [0.1, 0.15) is 35.2 Å². The lowest BCUT2D eigenvalue weighted by Crippen LogP contribution is -2.09. The Morgan fingerprint density at radius 1 is 1.38 bits per heavy atom. The summed E-state index contributed by atoms with van der Waals surface area (Å²) in [5.74, 6) is 0.956. The van der Waals surface area contributed by atoms with Crippen LogP contribution in [0.4, 0.5) is 0 Å². The molecule has 0 fully saturated rings. The van der Waals surface area contributed by atoms with Crippen LogP contribution in [0.15, 0.2) is 22.0 Å². The van der Waals surface area contributed by atoms with E-state index in [0.717, 1.165) is 46.4 Å². The van der Waals surface area contributed by atoms with Gasteiger partial charge in [-0.05, 0) is 44.5 Å². The number of halogens is 1. The van der Waals surface area contributed by atoms with Crippen molar-refractivity contribution in [2.75, 3.05) is 7.05 Å². The lowest BCUT2D eigenvalue weighted by molar-refractivity contribution is 0.296. The van der Waals surface area contributed by atoms with Crippen LogP contribution in [-0.4, -0.2) is 12.0 Å². The standard InChI is InChI=1S/C16H21BrN2OS/c1-4-5-15-19-14(10-21-15)9-20-16-11(2)6-13(17)7-12(16)8-18-3/h6-7,10,18H,4-5,8-9H2,1-3H3. The van der Waals surface area contributed by atoms with E-state index < -0.39 is 0 Å². The van der Waals surface area contributed by atoms with Gasteiger partial charge >= 0.3 is 0 Å². The Balaban J connectivity index is 2.11. The van der Waals surface area contributed by atoms with Gasteiger partial charge in [0.2, 0.25) is 0 Å². The summed E-state index contributed by atoms with van der Waals surface area (Å²) in [6.07, 6.45) is 2.18. The van der Waals surface area contributed by atoms with Gasteiger partial charge < -0.3 is 10.1 Å². The van der Waals surface area contributed by atoms with Gasteiger partial charge in [-0.2, -0.15) is 0 Å². The highest BCUT2D eigenvalue weighted by atomic mass is 79.9. The van der Waals surface area contributed by atoms with E-state index in [-0.39, 0.29) is 0 Å². The molecular formula is C16H21BrN2OS. The number of ether oxygens (including phenoxy) is 1. The van der Waals surface area contributed by atoms with E-state index in [4.69, 9.17) is 4.74 Å². The molecule has 1 aromatic heterocycles. The van der Waals surface area contributed by atoms with Crippen molar-refractivity contribution in [3.8, 4) is 5.75 Å². The van der Waals surface area contributed by atoms with E-state index >= 15 is 0 Å². The highest BCUT2D eigenvalue weighted by Crippen LogP contribution is 2.29. The monoisotopic (exact) mass is 368 g/mol. The minimum absolute atomic E-state index is 0.527. The number of hydrogen-bond donors (Lipinski definition) is 1. The van der Waals surface area contributed by atoms with E-state index in [1.807, 2.05) is 7.05 Å². The third-order valence-electron chi connectivity index (χ3n) is 3.11. The summed E-state index contributed by atoms with van der Waals surface area (Å²) in [6.45, 7) is 5.56. The Morgan fingerprint density at radius 2 is 2.19 bits per heavy atom. The van der Waals surface area contributed by atoms with Gasteiger partial charge in [0, 0.05) is 22.0 Å². The van der Waals surface area contributed by atoms with Crippen molar-refractivity contribution in [1.29, 1.82) is 0 Å². The molecule has 2 rings (SSSR count). The minimum Gasteiger partial charge on any atom is -0.487 e. The van der Waals surface area contributed by atoms with E-state index in [1.165, 1.54) is 5.01 Å². The second-order valence-electron chi connectivity index (χ2n) is 5.01. The normalized spacial score (nSPS) is 10.9. The second-order valence-corrected chi connectivity index (χ2v) is 6.87. The predicted octanol–water partition coefficient (Wildman–Crippen LogP) is 4.46. The van der Waals surface area contributed by atoms with Crippen LogP contribution in [0.5, 0.6) is 5.75 Å². The average molecular weight is 369 g/mol. The van der Waals surface area contributed by atoms with Gasteiger partial charge in [-0.1, -0.05) is 22.9 Å². The fourth-order valence-corrected chi connectivity index (χ4v) is 3.72. The number of aromatic nitrogens is 1. The second kappa shape index (κ2) is 7.92. The Kier molecular flexibility index (Phi) is 6.21. The van der Waals surface area contributed by atoms with Crippen LogP contribution in [-0.2, 0) is 19.6 Å². The Morgan fingerprint density at radius 3 is 2.90 bits per heavy atom. The van der Waals surface area contributed by atoms with Crippen LogP contribution in [0, 0.1) is 6.92 Å². The zero-order valence-corrected chi connectivity index (χ0v) is 15.1. The molecule has 0 aliphatic carbocycles. The lowest BCUT2D eigenvalue weighted by Gasteiger charge is -2.14. The van der Waals surface area contributed by atoms with Gasteiger partial charge in [0.05, 0.1) is 10.7 Å². The Bertz CT molecular complexity index is 598. The molecule has 2 aromatic rings. The van der Waals surface area contributed by atoms with E-state index in [1.54, 1.807) is 11.3 Å². The van der Waals surface area contributed by atoms with Gasteiger partial charge in [-0.15, -0.1) is 11.3 Å². The van der Waals surface area contributed by atoms with Crippen LogP contribution in [0.3, 0.4) is 0 Å². The molecule has 1 N–H and O–H groups in total. The molecule has 0 aliphatic rings. The van der Waals surface area contributed by atoms with Crippen LogP contribution in [0.2, 0.25) is 0 Å². The van der Waals surface area contributed by atoms with E-state index in [9.17, 15) is 0 Å². The molecule has 0 aliphatic heterocycles. The summed E-state index contributed by atoms with van der Waals surface area (Å²) < 4.78 is 7.12. The van der Waals surface area contributed by atoms with Gasteiger partial charge in [0.1, 0.15) is 12.4 Å². The summed E-state index contributed by atoms with van der Waals surface area (Å²) in [5, 5.41) is 6.47. The number of benzene rings is 1. The molecule has 114 valence electrons. The molecule has 0 unspecified atom stereocenters. The third-order valence-corrected chi connectivity index (χ3v) is 4.53. The lowest BCUT2D eigenvalue weighted by atomic mass is 10.1. The summed E-state index contributed by atoms with van der Waals surface area (Å²) in [6, 6.07) is 4.18.